The average molecular weight is 304 g/mol. The number of halogens is 1. The minimum atomic E-state index is -0.363. The molecule has 0 bridgehead atoms. The van der Waals surface area contributed by atoms with E-state index in [0.29, 0.717) is 18.3 Å². The fourth-order valence-corrected chi connectivity index (χ4v) is 1.98. The molecule has 2 aromatic rings. The standard InChI is InChI=1S/C16H17FN2OS/c1-12-6-2-4-8-14(12)19-16(21)18-10-11-20-15-9-5-3-7-13(15)17/h2-9H,10-11H2,1H3,(H2,18,19,21). The normalized spacial score (nSPS) is 10.0. The lowest BCUT2D eigenvalue weighted by molar-refractivity contribution is 0.306. The highest BCUT2D eigenvalue weighted by Gasteiger charge is 2.02. The molecule has 0 aromatic heterocycles. The Morgan fingerprint density at radius 3 is 2.62 bits per heavy atom. The largest absolute Gasteiger partial charge is 0.489 e. The predicted octanol–water partition coefficient (Wildman–Crippen LogP) is 3.50. The van der Waals surface area contributed by atoms with Crippen molar-refractivity contribution >= 4 is 23.0 Å². The van der Waals surface area contributed by atoms with E-state index >= 15 is 0 Å². The lowest BCUT2D eigenvalue weighted by Gasteiger charge is -2.13. The maximum atomic E-state index is 13.3. The highest BCUT2D eigenvalue weighted by atomic mass is 32.1. The van der Waals surface area contributed by atoms with Crippen LogP contribution in [0.5, 0.6) is 5.75 Å². The van der Waals surface area contributed by atoms with Gasteiger partial charge in [0.05, 0.1) is 6.54 Å². The van der Waals surface area contributed by atoms with Crippen molar-refractivity contribution in [2.75, 3.05) is 18.5 Å². The van der Waals surface area contributed by atoms with E-state index in [1.165, 1.54) is 6.07 Å². The molecule has 0 unspecified atom stereocenters. The summed E-state index contributed by atoms with van der Waals surface area (Å²) in [5.41, 5.74) is 2.08. The van der Waals surface area contributed by atoms with Gasteiger partial charge in [0, 0.05) is 5.69 Å². The van der Waals surface area contributed by atoms with Crippen molar-refractivity contribution in [3.8, 4) is 5.75 Å². The van der Waals surface area contributed by atoms with Crippen LogP contribution in [0.4, 0.5) is 10.1 Å². The number of aryl methyl sites for hydroxylation is 1. The molecule has 0 aliphatic heterocycles. The number of ether oxygens (including phenoxy) is 1. The maximum Gasteiger partial charge on any atom is 0.170 e. The number of nitrogens with one attached hydrogen (secondary N) is 2. The second-order valence-electron chi connectivity index (χ2n) is 4.47. The van der Waals surface area contributed by atoms with Crippen molar-refractivity contribution < 1.29 is 9.13 Å². The molecule has 3 nitrogen and oxygen atoms in total. The van der Waals surface area contributed by atoms with E-state index in [2.05, 4.69) is 10.6 Å². The summed E-state index contributed by atoms with van der Waals surface area (Å²) in [6.45, 7) is 2.83. The van der Waals surface area contributed by atoms with E-state index in [0.717, 1.165) is 11.3 Å². The van der Waals surface area contributed by atoms with Crippen molar-refractivity contribution in [1.29, 1.82) is 0 Å². The van der Waals surface area contributed by atoms with Crippen LogP contribution in [0.15, 0.2) is 48.5 Å². The molecule has 0 amide bonds. The minimum absolute atomic E-state index is 0.247. The number of para-hydroxylation sites is 2. The number of hydrogen-bond donors (Lipinski definition) is 2. The van der Waals surface area contributed by atoms with Crippen LogP contribution in [-0.4, -0.2) is 18.3 Å². The number of hydrogen-bond acceptors (Lipinski definition) is 2. The molecule has 0 aliphatic rings. The summed E-state index contributed by atoms with van der Waals surface area (Å²) in [4.78, 5) is 0. The van der Waals surface area contributed by atoms with Crippen molar-refractivity contribution in [1.82, 2.24) is 5.32 Å². The van der Waals surface area contributed by atoms with Gasteiger partial charge in [0.1, 0.15) is 6.61 Å². The quantitative estimate of drug-likeness (QED) is 0.654. The zero-order chi connectivity index (χ0) is 15.1. The maximum absolute atomic E-state index is 13.3. The van der Waals surface area contributed by atoms with E-state index in [-0.39, 0.29) is 11.6 Å². The SMILES string of the molecule is Cc1ccccc1NC(=S)NCCOc1ccccc1F. The van der Waals surface area contributed by atoms with E-state index in [4.69, 9.17) is 17.0 Å². The molecule has 0 heterocycles. The molecule has 21 heavy (non-hydrogen) atoms. The van der Waals surface area contributed by atoms with Crippen LogP contribution in [0.3, 0.4) is 0 Å². The van der Waals surface area contributed by atoms with Gasteiger partial charge >= 0.3 is 0 Å². The molecule has 0 fully saturated rings. The topological polar surface area (TPSA) is 33.3 Å². The molecule has 0 saturated heterocycles. The first-order chi connectivity index (χ1) is 10.2. The Morgan fingerprint density at radius 2 is 1.86 bits per heavy atom. The van der Waals surface area contributed by atoms with Gasteiger partial charge in [-0.05, 0) is 42.9 Å². The Balaban J connectivity index is 1.73. The van der Waals surface area contributed by atoms with Crippen LogP contribution in [0.25, 0.3) is 0 Å². The minimum Gasteiger partial charge on any atom is -0.489 e. The van der Waals surface area contributed by atoms with E-state index in [9.17, 15) is 4.39 Å². The van der Waals surface area contributed by atoms with Crippen LogP contribution in [-0.2, 0) is 0 Å². The first kappa shape index (κ1) is 15.3. The van der Waals surface area contributed by atoms with Crippen LogP contribution in [0, 0.1) is 12.7 Å². The summed E-state index contributed by atoms with van der Waals surface area (Å²) in [7, 11) is 0. The van der Waals surface area contributed by atoms with E-state index < -0.39 is 0 Å². The van der Waals surface area contributed by atoms with Gasteiger partial charge < -0.3 is 15.4 Å². The van der Waals surface area contributed by atoms with Crippen molar-refractivity contribution in [2.24, 2.45) is 0 Å². The first-order valence-corrected chi connectivity index (χ1v) is 7.05. The first-order valence-electron chi connectivity index (χ1n) is 6.64. The molecule has 0 radical (unpaired) electrons. The van der Waals surface area contributed by atoms with Crippen molar-refractivity contribution in [3.05, 3.63) is 59.9 Å². The van der Waals surface area contributed by atoms with Gasteiger partial charge in [-0.25, -0.2) is 4.39 Å². The molecule has 2 N–H and O–H groups in total. The second-order valence-corrected chi connectivity index (χ2v) is 4.88. The molecule has 0 spiro atoms. The summed E-state index contributed by atoms with van der Waals surface area (Å²) in [5, 5.41) is 6.65. The molecular formula is C16H17FN2OS. The van der Waals surface area contributed by atoms with E-state index in [1.807, 2.05) is 31.2 Å². The van der Waals surface area contributed by atoms with Gasteiger partial charge in [-0.2, -0.15) is 0 Å². The number of anilines is 1. The Kier molecular flexibility index (Phi) is 5.51. The smallest absolute Gasteiger partial charge is 0.170 e. The fraction of sp³-hybridized carbons (Fsp3) is 0.188. The molecule has 0 aliphatic carbocycles. The fourth-order valence-electron chi connectivity index (χ4n) is 1.77. The zero-order valence-corrected chi connectivity index (χ0v) is 12.5. The Hall–Kier alpha value is -2.14. The Bertz CT molecular complexity index is 619. The number of rotatable bonds is 5. The molecule has 0 saturated carbocycles. The predicted molar refractivity (Wildman–Crippen MR) is 87.3 cm³/mol. The molecule has 110 valence electrons. The molecule has 2 rings (SSSR count). The third-order valence-corrected chi connectivity index (χ3v) is 3.12. The Labute approximate surface area is 129 Å². The van der Waals surface area contributed by atoms with Gasteiger partial charge in [-0.1, -0.05) is 30.3 Å². The average Bonchev–Trinajstić information content (AvgIpc) is 2.48. The van der Waals surface area contributed by atoms with E-state index in [1.54, 1.807) is 18.2 Å². The third kappa shape index (κ3) is 4.72. The lowest BCUT2D eigenvalue weighted by atomic mass is 10.2. The highest BCUT2D eigenvalue weighted by molar-refractivity contribution is 7.80. The molecule has 0 atom stereocenters. The summed E-state index contributed by atoms with van der Waals surface area (Å²) < 4.78 is 18.7. The van der Waals surface area contributed by atoms with Gasteiger partial charge in [0.15, 0.2) is 16.7 Å². The van der Waals surface area contributed by atoms with Gasteiger partial charge in [-0.15, -0.1) is 0 Å². The molecule has 5 heteroatoms. The van der Waals surface area contributed by atoms with Crippen molar-refractivity contribution in [2.45, 2.75) is 6.92 Å². The van der Waals surface area contributed by atoms with Crippen LogP contribution < -0.4 is 15.4 Å². The monoisotopic (exact) mass is 304 g/mol. The van der Waals surface area contributed by atoms with Gasteiger partial charge in [0.2, 0.25) is 0 Å². The Morgan fingerprint density at radius 1 is 1.14 bits per heavy atom. The van der Waals surface area contributed by atoms with Crippen molar-refractivity contribution in [3.63, 3.8) is 0 Å². The molecular weight excluding hydrogens is 287 g/mol. The molecule has 2 aromatic carbocycles. The summed E-state index contributed by atoms with van der Waals surface area (Å²) in [6, 6.07) is 14.2. The van der Waals surface area contributed by atoms with Gasteiger partial charge in [0.25, 0.3) is 0 Å². The second kappa shape index (κ2) is 7.59. The summed E-state index contributed by atoms with van der Waals surface area (Å²) >= 11 is 5.20. The lowest BCUT2D eigenvalue weighted by Crippen LogP contribution is -2.32. The number of benzene rings is 2. The summed E-state index contributed by atoms with van der Waals surface area (Å²) in [6.07, 6.45) is 0. The zero-order valence-electron chi connectivity index (χ0n) is 11.7. The third-order valence-electron chi connectivity index (χ3n) is 2.88. The number of thiocarbonyl (C=S) groups is 1. The van der Waals surface area contributed by atoms with Crippen LogP contribution >= 0.6 is 12.2 Å². The highest BCUT2D eigenvalue weighted by Crippen LogP contribution is 2.15. The van der Waals surface area contributed by atoms with Gasteiger partial charge in [-0.3, -0.25) is 0 Å². The van der Waals surface area contributed by atoms with Crippen LogP contribution in [0.1, 0.15) is 5.56 Å². The summed E-state index contributed by atoms with van der Waals surface area (Å²) in [5.74, 6) is -0.116. The van der Waals surface area contributed by atoms with Crippen LogP contribution in [0.2, 0.25) is 0 Å².